The van der Waals surface area contributed by atoms with Crippen LogP contribution in [-0.4, -0.2) is 51.9 Å². The lowest BCUT2D eigenvalue weighted by Gasteiger charge is -2.17. The Hall–Kier alpha value is -2.00. The number of aromatic nitrogens is 4. The summed E-state index contributed by atoms with van der Waals surface area (Å²) in [5, 5.41) is 12.3. The second-order valence-corrected chi connectivity index (χ2v) is 8.82. The van der Waals surface area contributed by atoms with E-state index < -0.39 is 10.0 Å². The maximum atomic E-state index is 13.1. The van der Waals surface area contributed by atoms with Crippen LogP contribution in [0, 0.1) is 20.8 Å². The third kappa shape index (κ3) is 3.45. The molecule has 142 valence electrons. The molecule has 0 bridgehead atoms. The molecule has 3 heterocycles. The molecule has 0 N–H and O–H groups in total. The second-order valence-electron chi connectivity index (χ2n) is 6.94. The first-order valence-electron chi connectivity index (χ1n) is 8.73. The van der Waals surface area contributed by atoms with Gasteiger partial charge in [-0.05, 0) is 47.1 Å². The molecule has 0 spiro atoms. The molecular formula is C17H25N5O3S. The van der Waals surface area contributed by atoms with Crippen molar-refractivity contribution in [3.63, 3.8) is 0 Å². The molecule has 2 aromatic rings. The minimum atomic E-state index is -3.61. The summed E-state index contributed by atoms with van der Waals surface area (Å²) in [5.41, 5.74) is 2.01. The van der Waals surface area contributed by atoms with Crippen molar-refractivity contribution in [1.82, 2.24) is 24.3 Å². The Kier molecular flexibility index (Phi) is 5.03. The van der Waals surface area contributed by atoms with Gasteiger partial charge in [-0.15, -0.1) is 5.10 Å². The highest BCUT2D eigenvalue weighted by atomic mass is 32.2. The third-order valence-electron chi connectivity index (χ3n) is 4.51. The lowest BCUT2D eigenvalue weighted by atomic mass is 10.3. The van der Waals surface area contributed by atoms with Crippen LogP contribution >= 0.6 is 0 Å². The van der Waals surface area contributed by atoms with Crippen molar-refractivity contribution in [2.45, 2.75) is 58.1 Å². The van der Waals surface area contributed by atoms with Crippen molar-refractivity contribution in [3.05, 3.63) is 29.2 Å². The summed E-state index contributed by atoms with van der Waals surface area (Å²) in [4.78, 5) is 0.307. The molecule has 1 atom stereocenters. The zero-order valence-corrected chi connectivity index (χ0v) is 16.6. The highest BCUT2D eigenvalue weighted by Crippen LogP contribution is 2.28. The summed E-state index contributed by atoms with van der Waals surface area (Å²) < 4.78 is 35.3. The summed E-state index contributed by atoms with van der Waals surface area (Å²) in [7, 11) is -3.61. The minimum Gasteiger partial charge on any atom is -0.472 e. The van der Waals surface area contributed by atoms with Gasteiger partial charge < -0.3 is 4.74 Å². The summed E-state index contributed by atoms with van der Waals surface area (Å²) in [5.74, 6) is 0.417. The van der Waals surface area contributed by atoms with Crippen LogP contribution in [0.1, 0.15) is 43.4 Å². The molecule has 1 unspecified atom stereocenters. The van der Waals surface area contributed by atoms with Gasteiger partial charge in [0.2, 0.25) is 15.9 Å². The van der Waals surface area contributed by atoms with Crippen molar-refractivity contribution in [3.8, 4) is 5.88 Å². The van der Waals surface area contributed by atoms with Gasteiger partial charge in [-0.25, -0.2) is 8.42 Å². The molecule has 8 nitrogen and oxygen atoms in total. The third-order valence-corrected chi connectivity index (χ3v) is 6.63. The lowest BCUT2D eigenvalue weighted by Crippen LogP contribution is -2.31. The van der Waals surface area contributed by atoms with Gasteiger partial charge in [-0.3, -0.25) is 4.68 Å². The first kappa shape index (κ1) is 18.8. The second kappa shape index (κ2) is 6.96. The molecule has 1 aliphatic rings. The van der Waals surface area contributed by atoms with E-state index in [2.05, 4.69) is 15.3 Å². The molecule has 0 radical (unpaired) electrons. The van der Waals surface area contributed by atoms with Crippen molar-refractivity contribution in [2.24, 2.45) is 0 Å². The Morgan fingerprint density at radius 2 is 1.92 bits per heavy atom. The fourth-order valence-corrected chi connectivity index (χ4v) is 5.13. The van der Waals surface area contributed by atoms with Crippen molar-refractivity contribution in [1.29, 1.82) is 0 Å². The fraction of sp³-hybridized carbons (Fsp3) is 0.588. The van der Waals surface area contributed by atoms with E-state index in [9.17, 15) is 8.42 Å². The van der Waals surface area contributed by atoms with E-state index in [0.717, 1.165) is 5.69 Å². The van der Waals surface area contributed by atoms with E-state index in [1.54, 1.807) is 24.6 Å². The van der Waals surface area contributed by atoms with E-state index in [1.165, 1.54) is 4.31 Å². The zero-order chi connectivity index (χ0) is 19.1. The van der Waals surface area contributed by atoms with Crippen LogP contribution in [0.3, 0.4) is 0 Å². The van der Waals surface area contributed by atoms with Crippen LogP contribution in [0.2, 0.25) is 0 Å². The molecule has 3 rings (SSSR count). The number of hydrogen-bond donors (Lipinski definition) is 0. The lowest BCUT2D eigenvalue weighted by molar-refractivity contribution is 0.204. The van der Waals surface area contributed by atoms with Gasteiger partial charge in [0.1, 0.15) is 11.0 Å². The largest absolute Gasteiger partial charge is 0.472 e. The Labute approximate surface area is 154 Å². The average Bonchev–Trinajstić information content (AvgIpc) is 3.15. The number of hydrogen-bond acceptors (Lipinski definition) is 6. The number of sulfonamides is 1. The Balaban J connectivity index is 1.78. The van der Waals surface area contributed by atoms with Crippen LogP contribution < -0.4 is 4.74 Å². The van der Waals surface area contributed by atoms with E-state index in [4.69, 9.17) is 4.74 Å². The number of rotatable bonds is 5. The number of nitrogens with zero attached hydrogens (tertiary/aromatic N) is 5. The van der Waals surface area contributed by atoms with Crippen LogP contribution in [0.15, 0.2) is 17.0 Å². The normalized spacial score (nSPS) is 18.6. The summed E-state index contributed by atoms with van der Waals surface area (Å²) >= 11 is 0. The first-order chi connectivity index (χ1) is 12.2. The van der Waals surface area contributed by atoms with Crippen molar-refractivity contribution in [2.75, 3.05) is 13.1 Å². The van der Waals surface area contributed by atoms with Gasteiger partial charge in [0.25, 0.3) is 0 Å². The number of ether oxygens (including phenoxy) is 1. The molecule has 0 aromatic carbocycles. The van der Waals surface area contributed by atoms with Crippen LogP contribution in [0.4, 0.5) is 0 Å². The first-order valence-corrected chi connectivity index (χ1v) is 10.2. The van der Waals surface area contributed by atoms with Gasteiger partial charge in [0.15, 0.2) is 0 Å². The molecule has 2 aromatic heterocycles. The molecule has 1 fully saturated rings. The molecule has 26 heavy (non-hydrogen) atoms. The maximum absolute atomic E-state index is 13.1. The predicted molar refractivity (Wildman–Crippen MR) is 96.6 cm³/mol. The van der Waals surface area contributed by atoms with E-state index in [1.807, 2.05) is 26.8 Å². The molecule has 1 aliphatic heterocycles. The monoisotopic (exact) mass is 379 g/mol. The minimum absolute atomic E-state index is 0.104. The summed E-state index contributed by atoms with van der Waals surface area (Å²) in [6.45, 7) is 10.1. The highest BCUT2D eigenvalue weighted by Gasteiger charge is 2.37. The Bertz CT molecular complexity index is 890. The standard InChI is InChI=1S/C17H25N5O3S/c1-11(2)22-14(5)17(13(4)20-22)26(23,24)21-9-8-15(10-21)25-16-7-6-12(3)18-19-16/h6-7,11,15H,8-10H2,1-5H3. The molecular weight excluding hydrogens is 354 g/mol. The van der Waals surface area contributed by atoms with Crippen LogP contribution in [-0.2, 0) is 10.0 Å². The Morgan fingerprint density at radius 3 is 2.50 bits per heavy atom. The van der Waals surface area contributed by atoms with Gasteiger partial charge in [-0.2, -0.15) is 14.5 Å². The topological polar surface area (TPSA) is 90.2 Å². The van der Waals surface area contributed by atoms with Crippen LogP contribution in [0.5, 0.6) is 5.88 Å². The van der Waals surface area contributed by atoms with Crippen molar-refractivity contribution < 1.29 is 13.2 Å². The van der Waals surface area contributed by atoms with Crippen molar-refractivity contribution >= 4 is 10.0 Å². The fourth-order valence-electron chi connectivity index (χ4n) is 3.29. The maximum Gasteiger partial charge on any atom is 0.246 e. The van der Waals surface area contributed by atoms with Gasteiger partial charge >= 0.3 is 0 Å². The van der Waals surface area contributed by atoms with Gasteiger partial charge in [0, 0.05) is 18.7 Å². The Morgan fingerprint density at radius 1 is 1.19 bits per heavy atom. The average molecular weight is 379 g/mol. The zero-order valence-electron chi connectivity index (χ0n) is 15.8. The smallest absolute Gasteiger partial charge is 0.246 e. The van der Waals surface area contributed by atoms with Crippen LogP contribution in [0.25, 0.3) is 0 Å². The number of aryl methyl sites for hydroxylation is 2. The van der Waals surface area contributed by atoms with Gasteiger partial charge in [-0.1, -0.05) is 0 Å². The molecule has 0 amide bonds. The summed E-state index contributed by atoms with van der Waals surface area (Å²) in [6.07, 6.45) is 0.383. The SMILES string of the molecule is Cc1ccc(OC2CCN(S(=O)(=O)c3c(C)nn(C(C)C)c3C)C2)nn1. The predicted octanol–water partition coefficient (Wildman–Crippen LogP) is 2.02. The quantitative estimate of drug-likeness (QED) is 0.789. The highest BCUT2D eigenvalue weighted by molar-refractivity contribution is 7.89. The van der Waals surface area contributed by atoms with Gasteiger partial charge in [0.05, 0.1) is 23.6 Å². The molecule has 9 heteroatoms. The summed E-state index contributed by atoms with van der Waals surface area (Å²) in [6, 6.07) is 3.67. The molecule has 0 saturated carbocycles. The molecule has 0 aliphatic carbocycles. The molecule has 1 saturated heterocycles. The van der Waals surface area contributed by atoms with E-state index >= 15 is 0 Å². The van der Waals surface area contributed by atoms with E-state index in [-0.39, 0.29) is 12.1 Å². The van der Waals surface area contributed by atoms with E-state index in [0.29, 0.717) is 41.7 Å².